The zero-order chi connectivity index (χ0) is 15.3. The fourth-order valence-electron chi connectivity index (χ4n) is 3.41. The Morgan fingerprint density at radius 2 is 1.36 bits per heavy atom. The zero-order valence-corrected chi connectivity index (χ0v) is 12.6. The predicted octanol–water partition coefficient (Wildman–Crippen LogP) is 5.68. The van der Waals surface area contributed by atoms with Crippen LogP contribution in [0.15, 0.2) is 61.2 Å². The van der Waals surface area contributed by atoms with Gasteiger partial charge in [-0.1, -0.05) is 67.3 Å². The first-order valence-corrected chi connectivity index (χ1v) is 7.46. The Bertz CT molecular complexity index is 1050. The lowest BCUT2D eigenvalue weighted by molar-refractivity contribution is 1.55. The number of nitrogen functional groups attached to an aromatic ring is 1. The third-order valence-electron chi connectivity index (χ3n) is 4.51. The second-order valence-corrected chi connectivity index (χ2v) is 5.77. The molecule has 0 saturated carbocycles. The van der Waals surface area contributed by atoms with Crippen LogP contribution in [0.5, 0.6) is 0 Å². The molecule has 2 N–H and O–H groups in total. The number of hydrogen-bond donors (Lipinski definition) is 1. The fourth-order valence-corrected chi connectivity index (χ4v) is 3.41. The summed E-state index contributed by atoms with van der Waals surface area (Å²) < 4.78 is 0. The summed E-state index contributed by atoms with van der Waals surface area (Å²) in [7, 11) is 0. The molecule has 0 unspecified atom stereocenters. The van der Waals surface area contributed by atoms with Gasteiger partial charge in [0.25, 0.3) is 0 Å². The number of anilines is 1. The summed E-state index contributed by atoms with van der Waals surface area (Å²) in [5.74, 6) is 0. The van der Waals surface area contributed by atoms with Crippen LogP contribution in [0.25, 0.3) is 38.4 Å². The van der Waals surface area contributed by atoms with E-state index < -0.39 is 0 Å². The molecular weight excluding hydrogens is 266 g/mol. The van der Waals surface area contributed by atoms with Crippen molar-refractivity contribution >= 4 is 44.1 Å². The lowest BCUT2D eigenvalue weighted by Crippen LogP contribution is -1.93. The minimum atomic E-state index is 0.814. The van der Waals surface area contributed by atoms with Crippen LogP contribution in [0.1, 0.15) is 11.1 Å². The minimum Gasteiger partial charge on any atom is -0.398 e. The van der Waals surface area contributed by atoms with Crippen LogP contribution in [0.4, 0.5) is 5.69 Å². The van der Waals surface area contributed by atoms with E-state index in [0.29, 0.717) is 0 Å². The number of aryl methyl sites for hydroxylation is 1. The Morgan fingerprint density at radius 3 is 2.05 bits per heavy atom. The molecule has 0 spiro atoms. The first-order chi connectivity index (χ1) is 10.7. The van der Waals surface area contributed by atoms with Crippen LogP contribution in [-0.4, -0.2) is 0 Å². The molecular formula is C21H17N. The molecule has 0 atom stereocenters. The van der Waals surface area contributed by atoms with Crippen molar-refractivity contribution in [2.24, 2.45) is 0 Å². The van der Waals surface area contributed by atoms with E-state index in [1.807, 2.05) is 12.1 Å². The summed E-state index contributed by atoms with van der Waals surface area (Å²) in [6, 6.07) is 19.3. The smallest absolute Gasteiger partial charge is 0.0473 e. The van der Waals surface area contributed by atoms with Crippen LogP contribution in [0.2, 0.25) is 0 Å². The fraction of sp³-hybridized carbons (Fsp3) is 0.0476. The highest BCUT2D eigenvalue weighted by atomic mass is 14.6. The summed E-state index contributed by atoms with van der Waals surface area (Å²) in [4.78, 5) is 0. The van der Waals surface area contributed by atoms with Crippen LogP contribution >= 0.6 is 0 Å². The Morgan fingerprint density at radius 1 is 0.773 bits per heavy atom. The second-order valence-electron chi connectivity index (χ2n) is 5.77. The molecule has 0 aliphatic rings. The molecule has 0 heterocycles. The molecule has 1 nitrogen and oxygen atoms in total. The third kappa shape index (κ3) is 1.66. The van der Waals surface area contributed by atoms with E-state index in [1.54, 1.807) is 0 Å². The van der Waals surface area contributed by atoms with Gasteiger partial charge in [0.1, 0.15) is 0 Å². The van der Waals surface area contributed by atoms with E-state index >= 15 is 0 Å². The maximum Gasteiger partial charge on any atom is 0.0473 e. The number of benzene rings is 4. The standard InChI is InChI=1S/C21H17N/c1-3-14-7-8-17-12-11-16-10-9-15-6-4-5-13(2)18(15)19(16)20(17)21(14)22/h3-12H,1,22H2,2H3. The Balaban J connectivity index is 2.39. The van der Waals surface area contributed by atoms with E-state index in [4.69, 9.17) is 5.73 Å². The molecule has 0 fully saturated rings. The molecule has 0 aliphatic heterocycles. The molecule has 106 valence electrons. The van der Waals surface area contributed by atoms with Gasteiger partial charge in [-0.15, -0.1) is 0 Å². The molecule has 0 aromatic heterocycles. The summed E-state index contributed by atoms with van der Waals surface area (Å²) >= 11 is 0. The number of hydrogen-bond acceptors (Lipinski definition) is 1. The highest BCUT2D eigenvalue weighted by Gasteiger charge is 2.11. The summed E-state index contributed by atoms with van der Waals surface area (Å²) in [5.41, 5.74) is 9.55. The monoisotopic (exact) mass is 283 g/mol. The van der Waals surface area contributed by atoms with E-state index in [1.165, 1.54) is 32.5 Å². The molecule has 4 rings (SSSR count). The third-order valence-corrected chi connectivity index (χ3v) is 4.51. The second kappa shape index (κ2) is 4.60. The van der Waals surface area contributed by atoms with E-state index in [0.717, 1.165) is 16.6 Å². The molecule has 0 saturated heterocycles. The average Bonchev–Trinajstić information content (AvgIpc) is 2.54. The van der Waals surface area contributed by atoms with Gasteiger partial charge in [0, 0.05) is 11.1 Å². The van der Waals surface area contributed by atoms with Crippen LogP contribution in [0.3, 0.4) is 0 Å². The molecule has 0 bridgehead atoms. The maximum atomic E-state index is 6.47. The molecule has 4 aromatic rings. The van der Waals surface area contributed by atoms with Gasteiger partial charge in [0.15, 0.2) is 0 Å². The van der Waals surface area contributed by atoms with Gasteiger partial charge in [-0.2, -0.15) is 0 Å². The molecule has 0 aliphatic carbocycles. The van der Waals surface area contributed by atoms with Gasteiger partial charge in [0.2, 0.25) is 0 Å². The molecule has 22 heavy (non-hydrogen) atoms. The average molecular weight is 283 g/mol. The van der Waals surface area contributed by atoms with Gasteiger partial charge >= 0.3 is 0 Å². The first-order valence-electron chi connectivity index (χ1n) is 7.46. The lowest BCUT2D eigenvalue weighted by atomic mass is 9.92. The number of fused-ring (bicyclic) bond motifs is 5. The van der Waals surface area contributed by atoms with Crippen molar-refractivity contribution in [2.75, 3.05) is 5.73 Å². The zero-order valence-electron chi connectivity index (χ0n) is 12.6. The number of nitrogens with two attached hydrogens (primary N) is 1. The molecule has 1 heteroatoms. The van der Waals surface area contributed by atoms with E-state index in [-0.39, 0.29) is 0 Å². The normalized spacial score (nSPS) is 11.3. The van der Waals surface area contributed by atoms with E-state index in [2.05, 4.69) is 62.0 Å². The Kier molecular flexibility index (Phi) is 2.70. The van der Waals surface area contributed by atoms with Crippen LogP contribution < -0.4 is 5.73 Å². The van der Waals surface area contributed by atoms with Gasteiger partial charge in [0.05, 0.1) is 0 Å². The van der Waals surface area contributed by atoms with Crippen molar-refractivity contribution in [3.8, 4) is 0 Å². The van der Waals surface area contributed by atoms with Crippen LogP contribution in [0, 0.1) is 6.92 Å². The Labute approximate surface area is 129 Å². The summed E-state index contributed by atoms with van der Waals surface area (Å²) in [6.07, 6.45) is 1.82. The highest BCUT2D eigenvalue weighted by Crippen LogP contribution is 2.37. The topological polar surface area (TPSA) is 26.0 Å². The quantitative estimate of drug-likeness (QED) is 0.353. The highest BCUT2D eigenvalue weighted by molar-refractivity contribution is 6.24. The maximum absolute atomic E-state index is 6.47. The van der Waals surface area contributed by atoms with E-state index in [9.17, 15) is 0 Å². The van der Waals surface area contributed by atoms with Crippen LogP contribution in [-0.2, 0) is 0 Å². The van der Waals surface area contributed by atoms with Crippen molar-refractivity contribution in [3.63, 3.8) is 0 Å². The van der Waals surface area contributed by atoms with Crippen molar-refractivity contribution < 1.29 is 0 Å². The molecule has 0 amide bonds. The van der Waals surface area contributed by atoms with Crippen molar-refractivity contribution in [1.82, 2.24) is 0 Å². The van der Waals surface area contributed by atoms with Gasteiger partial charge < -0.3 is 5.73 Å². The largest absolute Gasteiger partial charge is 0.398 e. The molecule has 4 aromatic carbocycles. The van der Waals surface area contributed by atoms with Gasteiger partial charge in [-0.25, -0.2) is 0 Å². The SMILES string of the molecule is C=Cc1ccc2ccc3ccc4cccc(C)c4c3c2c1N. The Hall–Kier alpha value is -2.80. The summed E-state index contributed by atoms with van der Waals surface area (Å²) in [6.45, 7) is 6.04. The van der Waals surface area contributed by atoms with Crippen molar-refractivity contribution in [3.05, 3.63) is 72.3 Å². The first kappa shape index (κ1) is 12.9. The van der Waals surface area contributed by atoms with Crippen molar-refractivity contribution in [1.29, 1.82) is 0 Å². The van der Waals surface area contributed by atoms with Gasteiger partial charge in [-0.05, 0) is 45.0 Å². The lowest BCUT2D eigenvalue weighted by Gasteiger charge is -2.13. The van der Waals surface area contributed by atoms with Gasteiger partial charge in [-0.3, -0.25) is 0 Å². The van der Waals surface area contributed by atoms with Crippen molar-refractivity contribution in [2.45, 2.75) is 6.92 Å². The summed E-state index contributed by atoms with van der Waals surface area (Å²) in [5, 5.41) is 7.32. The molecule has 0 radical (unpaired) electrons. The minimum absolute atomic E-state index is 0.814. The predicted molar refractivity (Wildman–Crippen MR) is 98.2 cm³/mol. The number of rotatable bonds is 1.